The number of carboxylic acids is 2. The highest BCUT2D eigenvalue weighted by molar-refractivity contribution is 5.98. The molecular weight excluding hydrogens is 496 g/mol. The third-order valence-electron chi connectivity index (χ3n) is 8.44. The molecule has 0 rings (SSSR count). The highest BCUT2D eigenvalue weighted by Crippen LogP contribution is 2.22. The molecule has 0 bridgehead atoms. The van der Waals surface area contributed by atoms with Crippen LogP contribution in [0.15, 0.2) is 11.1 Å². The summed E-state index contributed by atoms with van der Waals surface area (Å²) in [6, 6.07) is 0. The van der Waals surface area contributed by atoms with Gasteiger partial charge in [-0.05, 0) is 25.7 Å². The molecular formula is C36H68O4. The number of carboxylic acid groups (broad SMARTS) is 2. The maximum absolute atomic E-state index is 11.8. The molecule has 0 aliphatic rings. The summed E-state index contributed by atoms with van der Waals surface area (Å²) in [4.78, 5) is 23.7. The number of hydrogen-bond donors (Lipinski definition) is 2. The SMILES string of the molecule is CCCCCCCCCCCCCCCC/C(C(=O)O)=C(/CCCCCCCCCCCCCCCC)C(=O)O. The van der Waals surface area contributed by atoms with Gasteiger partial charge < -0.3 is 10.2 Å². The standard InChI is InChI=1S/C36H68O4/c1-3-5-7-9-11-13-15-17-19-21-23-25-27-29-31-33(35(37)38)34(36(39)40)32-30-28-26-24-22-20-18-16-14-12-10-8-6-4-2/h3-32H2,1-2H3,(H,37,38)(H,39,40)/b34-33+. The van der Waals surface area contributed by atoms with Crippen molar-refractivity contribution in [3.8, 4) is 0 Å². The average Bonchev–Trinajstić information content (AvgIpc) is 2.93. The van der Waals surface area contributed by atoms with Crippen molar-refractivity contribution in [2.24, 2.45) is 0 Å². The molecule has 0 aromatic heterocycles. The summed E-state index contributed by atoms with van der Waals surface area (Å²) < 4.78 is 0. The fraction of sp³-hybridized carbons (Fsp3) is 0.889. The van der Waals surface area contributed by atoms with Crippen LogP contribution in [0, 0.1) is 0 Å². The van der Waals surface area contributed by atoms with Crippen LogP contribution in [0.3, 0.4) is 0 Å². The van der Waals surface area contributed by atoms with Gasteiger partial charge >= 0.3 is 11.9 Å². The lowest BCUT2D eigenvalue weighted by Gasteiger charge is -2.10. The molecule has 0 aliphatic heterocycles. The zero-order valence-electron chi connectivity index (χ0n) is 26.9. The maximum Gasteiger partial charge on any atom is 0.332 e. The van der Waals surface area contributed by atoms with E-state index in [9.17, 15) is 19.8 Å². The molecule has 0 aliphatic carbocycles. The fourth-order valence-corrected chi connectivity index (χ4v) is 5.77. The van der Waals surface area contributed by atoms with E-state index in [1.807, 2.05) is 0 Å². The minimum atomic E-state index is -1.04. The van der Waals surface area contributed by atoms with E-state index < -0.39 is 11.9 Å². The zero-order chi connectivity index (χ0) is 29.5. The molecule has 0 spiro atoms. The van der Waals surface area contributed by atoms with E-state index in [1.54, 1.807) is 0 Å². The number of unbranched alkanes of at least 4 members (excludes halogenated alkanes) is 26. The molecule has 0 radical (unpaired) electrons. The normalized spacial score (nSPS) is 12.1. The molecule has 0 aromatic rings. The smallest absolute Gasteiger partial charge is 0.332 e. The summed E-state index contributed by atoms with van der Waals surface area (Å²) >= 11 is 0. The lowest BCUT2D eigenvalue weighted by Crippen LogP contribution is -2.12. The van der Waals surface area contributed by atoms with Crippen LogP contribution in [0.25, 0.3) is 0 Å². The van der Waals surface area contributed by atoms with Gasteiger partial charge in [-0.15, -0.1) is 0 Å². The van der Waals surface area contributed by atoms with E-state index in [2.05, 4.69) is 13.8 Å². The van der Waals surface area contributed by atoms with Crippen molar-refractivity contribution in [3.63, 3.8) is 0 Å². The summed E-state index contributed by atoms with van der Waals surface area (Å²) in [5.41, 5.74) is 0.280. The summed E-state index contributed by atoms with van der Waals surface area (Å²) in [5.74, 6) is -2.09. The Morgan fingerprint density at radius 1 is 0.325 bits per heavy atom. The molecule has 0 heterocycles. The molecule has 0 saturated heterocycles. The minimum Gasteiger partial charge on any atom is -0.478 e. The molecule has 2 N–H and O–H groups in total. The van der Waals surface area contributed by atoms with Gasteiger partial charge in [0.25, 0.3) is 0 Å². The van der Waals surface area contributed by atoms with Gasteiger partial charge in [0.15, 0.2) is 0 Å². The molecule has 0 saturated carbocycles. The topological polar surface area (TPSA) is 74.6 Å². The Hall–Kier alpha value is -1.32. The highest BCUT2D eigenvalue weighted by Gasteiger charge is 2.19. The molecule has 236 valence electrons. The molecule has 0 aromatic carbocycles. The van der Waals surface area contributed by atoms with E-state index in [1.165, 1.54) is 141 Å². The first-order chi connectivity index (χ1) is 19.5. The predicted molar refractivity (Wildman–Crippen MR) is 172 cm³/mol. The molecule has 0 amide bonds. The minimum absolute atomic E-state index is 0.140. The Bertz CT molecular complexity index is 558. The lowest BCUT2D eigenvalue weighted by atomic mass is 9.96. The first kappa shape index (κ1) is 38.7. The Morgan fingerprint density at radius 2 is 0.500 bits per heavy atom. The largest absolute Gasteiger partial charge is 0.478 e. The Balaban J connectivity index is 3.91. The molecule has 4 heteroatoms. The van der Waals surface area contributed by atoms with Crippen molar-refractivity contribution >= 4 is 11.9 Å². The van der Waals surface area contributed by atoms with Crippen LogP contribution in [0.2, 0.25) is 0 Å². The van der Waals surface area contributed by atoms with Crippen LogP contribution in [0.4, 0.5) is 0 Å². The summed E-state index contributed by atoms with van der Waals surface area (Å²) in [6.07, 6.45) is 35.9. The van der Waals surface area contributed by atoms with Gasteiger partial charge in [0.05, 0.1) is 0 Å². The number of hydrogen-bond acceptors (Lipinski definition) is 2. The number of rotatable bonds is 32. The third kappa shape index (κ3) is 25.6. The fourth-order valence-electron chi connectivity index (χ4n) is 5.77. The van der Waals surface area contributed by atoms with E-state index in [0.29, 0.717) is 12.8 Å². The Kier molecular flexibility index (Phi) is 29.6. The summed E-state index contributed by atoms with van der Waals surface area (Å²) in [6.45, 7) is 4.52. The number of carbonyl (C=O) groups is 2. The van der Waals surface area contributed by atoms with Crippen LogP contribution in [0.5, 0.6) is 0 Å². The molecule has 0 atom stereocenters. The molecule has 0 unspecified atom stereocenters. The van der Waals surface area contributed by atoms with Gasteiger partial charge in [-0.2, -0.15) is 0 Å². The van der Waals surface area contributed by atoms with Crippen molar-refractivity contribution in [1.82, 2.24) is 0 Å². The second-order valence-electron chi connectivity index (χ2n) is 12.3. The van der Waals surface area contributed by atoms with E-state index in [-0.39, 0.29) is 11.1 Å². The van der Waals surface area contributed by atoms with Crippen molar-refractivity contribution in [2.45, 2.75) is 206 Å². The zero-order valence-corrected chi connectivity index (χ0v) is 26.9. The van der Waals surface area contributed by atoms with Crippen LogP contribution < -0.4 is 0 Å². The average molecular weight is 565 g/mol. The van der Waals surface area contributed by atoms with Crippen LogP contribution in [-0.4, -0.2) is 22.2 Å². The van der Waals surface area contributed by atoms with Gasteiger partial charge in [0.2, 0.25) is 0 Å². The Labute approximate surface area is 249 Å². The second-order valence-corrected chi connectivity index (χ2v) is 12.3. The van der Waals surface area contributed by atoms with Crippen molar-refractivity contribution in [3.05, 3.63) is 11.1 Å². The predicted octanol–water partition coefficient (Wildman–Crippen LogP) is 12.2. The first-order valence-electron chi connectivity index (χ1n) is 17.7. The van der Waals surface area contributed by atoms with Crippen LogP contribution in [0.1, 0.15) is 206 Å². The van der Waals surface area contributed by atoms with E-state index >= 15 is 0 Å². The van der Waals surface area contributed by atoms with Gasteiger partial charge in [-0.1, -0.05) is 181 Å². The maximum atomic E-state index is 11.8. The van der Waals surface area contributed by atoms with Gasteiger partial charge in [-0.3, -0.25) is 0 Å². The monoisotopic (exact) mass is 565 g/mol. The van der Waals surface area contributed by atoms with Crippen molar-refractivity contribution < 1.29 is 19.8 Å². The van der Waals surface area contributed by atoms with Gasteiger partial charge in [-0.25, -0.2) is 9.59 Å². The van der Waals surface area contributed by atoms with E-state index in [4.69, 9.17) is 0 Å². The molecule has 4 nitrogen and oxygen atoms in total. The van der Waals surface area contributed by atoms with Gasteiger partial charge in [0, 0.05) is 11.1 Å². The third-order valence-corrected chi connectivity index (χ3v) is 8.44. The molecule has 0 fully saturated rings. The Morgan fingerprint density at radius 3 is 0.675 bits per heavy atom. The van der Waals surface area contributed by atoms with Crippen LogP contribution in [-0.2, 0) is 9.59 Å². The second kappa shape index (κ2) is 30.6. The van der Waals surface area contributed by atoms with Crippen molar-refractivity contribution in [1.29, 1.82) is 0 Å². The van der Waals surface area contributed by atoms with E-state index in [0.717, 1.165) is 38.5 Å². The quantitative estimate of drug-likeness (QED) is 0.0629. The van der Waals surface area contributed by atoms with Gasteiger partial charge in [0.1, 0.15) is 0 Å². The van der Waals surface area contributed by atoms with Crippen LogP contribution >= 0.6 is 0 Å². The summed E-state index contributed by atoms with van der Waals surface area (Å²) in [7, 11) is 0. The lowest BCUT2D eigenvalue weighted by molar-refractivity contribution is -0.136. The summed E-state index contributed by atoms with van der Waals surface area (Å²) in [5, 5.41) is 19.4. The van der Waals surface area contributed by atoms with Crippen molar-refractivity contribution in [2.75, 3.05) is 0 Å². The number of aliphatic carboxylic acids is 2. The first-order valence-corrected chi connectivity index (χ1v) is 17.7. The highest BCUT2D eigenvalue weighted by atomic mass is 16.4. The molecule has 40 heavy (non-hydrogen) atoms.